The van der Waals surface area contributed by atoms with Crippen LogP contribution in [0.1, 0.15) is 31.2 Å². The van der Waals surface area contributed by atoms with E-state index in [0.717, 1.165) is 5.56 Å². The normalized spacial score (nSPS) is 15.7. The van der Waals surface area contributed by atoms with Crippen LogP contribution < -0.4 is 24.5 Å². The summed E-state index contributed by atoms with van der Waals surface area (Å²) in [6.45, 7) is 3.71. The van der Waals surface area contributed by atoms with E-state index < -0.39 is 12.0 Å². The van der Waals surface area contributed by atoms with Gasteiger partial charge in [0.1, 0.15) is 11.5 Å². The Kier molecular flexibility index (Phi) is 6.81. The molecule has 1 aromatic carbocycles. The zero-order valence-corrected chi connectivity index (χ0v) is 21.8. The first-order valence-corrected chi connectivity index (χ1v) is 12.2. The molecular formula is C24H24BrN3O5S. The van der Waals surface area contributed by atoms with Gasteiger partial charge in [-0.15, -0.1) is 0 Å². The van der Waals surface area contributed by atoms with Gasteiger partial charge in [0, 0.05) is 26.2 Å². The Labute approximate surface area is 208 Å². The van der Waals surface area contributed by atoms with Crippen molar-refractivity contribution in [3.8, 4) is 5.75 Å². The number of nitrogens with zero attached hydrogens (tertiary/aromatic N) is 3. The quantitative estimate of drug-likeness (QED) is 0.442. The Bertz CT molecular complexity index is 1460. The molecule has 1 atom stereocenters. The van der Waals surface area contributed by atoms with Crippen molar-refractivity contribution in [2.24, 2.45) is 4.99 Å². The highest BCUT2D eigenvalue weighted by Crippen LogP contribution is 2.35. The Morgan fingerprint density at radius 3 is 2.71 bits per heavy atom. The van der Waals surface area contributed by atoms with E-state index in [-0.39, 0.29) is 12.2 Å². The molecule has 0 radical (unpaired) electrons. The van der Waals surface area contributed by atoms with Gasteiger partial charge in [0.2, 0.25) is 0 Å². The molecule has 0 unspecified atom stereocenters. The molecule has 3 heterocycles. The van der Waals surface area contributed by atoms with E-state index in [0.29, 0.717) is 42.5 Å². The Morgan fingerprint density at radius 2 is 2.09 bits per heavy atom. The summed E-state index contributed by atoms with van der Waals surface area (Å²) in [6, 6.07) is 8.41. The second-order valence-electron chi connectivity index (χ2n) is 7.77. The molecule has 0 N–H and O–H groups in total. The lowest BCUT2D eigenvalue weighted by atomic mass is 9.96. The van der Waals surface area contributed by atoms with Crippen LogP contribution in [0.3, 0.4) is 0 Å². The lowest BCUT2D eigenvalue weighted by Gasteiger charge is -2.25. The van der Waals surface area contributed by atoms with E-state index in [1.807, 2.05) is 37.2 Å². The van der Waals surface area contributed by atoms with Crippen LogP contribution in [-0.2, 0) is 9.53 Å². The average Bonchev–Trinajstić information content (AvgIpc) is 3.38. The highest BCUT2D eigenvalue weighted by Gasteiger charge is 2.33. The van der Waals surface area contributed by atoms with Crippen molar-refractivity contribution in [2.45, 2.75) is 19.9 Å². The van der Waals surface area contributed by atoms with Gasteiger partial charge in [-0.25, -0.2) is 9.79 Å². The summed E-state index contributed by atoms with van der Waals surface area (Å²) in [7, 11) is 5.33. The Balaban J connectivity index is 1.93. The molecule has 10 heteroatoms. The summed E-state index contributed by atoms with van der Waals surface area (Å²) in [5.74, 6) is 1.38. The van der Waals surface area contributed by atoms with Crippen LogP contribution in [0.5, 0.6) is 5.75 Å². The fourth-order valence-electron chi connectivity index (χ4n) is 3.75. The number of halogens is 1. The number of hydrogen-bond donors (Lipinski definition) is 0. The molecule has 0 aliphatic carbocycles. The van der Waals surface area contributed by atoms with Crippen LogP contribution in [0, 0.1) is 0 Å². The van der Waals surface area contributed by atoms with Gasteiger partial charge in [0.05, 0.1) is 40.0 Å². The van der Waals surface area contributed by atoms with Crippen molar-refractivity contribution in [3.63, 3.8) is 0 Å². The summed E-state index contributed by atoms with van der Waals surface area (Å²) in [5, 5.41) is 0. The van der Waals surface area contributed by atoms with E-state index >= 15 is 0 Å². The van der Waals surface area contributed by atoms with Crippen molar-refractivity contribution in [3.05, 3.63) is 77.1 Å². The number of anilines is 1. The number of hydrogen-bond acceptors (Lipinski definition) is 8. The monoisotopic (exact) mass is 545 g/mol. The summed E-state index contributed by atoms with van der Waals surface area (Å²) in [5.41, 5.74) is 1.30. The number of rotatable bonds is 6. The molecule has 1 aliphatic heterocycles. The lowest BCUT2D eigenvalue weighted by molar-refractivity contribution is -0.139. The van der Waals surface area contributed by atoms with Gasteiger partial charge < -0.3 is 18.8 Å². The Hall–Kier alpha value is -3.11. The summed E-state index contributed by atoms with van der Waals surface area (Å²) < 4.78 is 19.2. The molecule has 8 nitrogen and oxygen atoms in total. The fourth-order valence-corrected chi connectivity index (χ4v) is 5.33. The number of carbonyl (C=O) groups excluding carboxylic acids is 1. The number of benzene rings is 1. The minimum atomic E-state index is -0.700. The van der Waals surface area contributed by atoms with Crippen molar-refractivity contribution >= 4 is 45.2 Å². The third-order valence-electron chi connectivity index (χ3n) is 5.34. The average molecular weight is 546 g/mol. The number of methoxy groups -OCH3 is 1. The number of fused-ring (bicyclic) bond motifs is 1. The van der Waals surface area contributed by atoms with E-state index in [9.17, 15) is 9.59 Å². The first kappa shape index (κ1) is 24.0. The standard InChI is InChI=1S/C24H24BrN3O5S/c1-6-32-23(30)20-13(2)26-24-28(21(20)14-7-9-17(31-5)16(25)11-14)22(29)18(34-24)12-15-8-10-19(33-15)27(3)4/h7-12,21H,6H2,1-5H3/b18-12-/t21-/m1/s1. The SMILES string of the molecule is CCOC(=O)C1=C(C)N=c2s/c(=C\c3ccc(N(C)C)o3)c(=O)n2[C@@H]1c1ccc(OC)c(Br)c1. The molecule has 0 saturated heterocycles. The molecule has 0 fully saturated rings. The smallest absolute Gasteiger partial charge is 0.338 e. The van der Waals surface area contributed by atoms with Crippen LogP contribution in [0.25, 0.3) is 6.08 Å². The molecule has 1 aliphatic rings. The van der Waals surface area contributed by atoms with Gasteiger partial charge in [-0.3, -0.25) is 9.36 Å². The molecule has 0 bridgehead atoms. The predicted molar refractivity (Wildman–Crippen MR) is 134 cm³/mol. The van der Waals surface area contributed by atoms with Crippen LogP contribution >= 0.6 is 27.3 Å². The third kappa shape index (κ3) is 4.35. The number of esters is 1. The zero-order chi connectivity index (χ0) is 24.6. The van der Waals surface area contributed by atoms with Crippen LogP contribution in [0.15, 0.2) is 60.3 Å². The van der Waals surface area contributed by atoms with Crippen molar-refractivity contribution in [1.82, 2.24) is 4.57 Å². The van der Waals surface area contributed by atoms with Gasteiger partial charge >= 0.3 is 5.97 Å². The number of ether oxygens (including phenoxy) is 2. The van der Waals surface area contributed by atoms with E-state index in [4.69, 9.17) is 13.9 Å². The minimum absolute atomic E-state index is 0.214. The molecule has 178 valence electrons. The summed E-state index contributed by atoms with van der Waals surface area (Å²) in [4.78, 5) is 33.5. The third-order valence-corrected chi connectivity index (χ3v) is 6.94. The topological polar surface area (TPSA) is 86.3 Å². The number of carbonyl (C=O) groups is 1. The molecule has 2 aromatic heterocycles. The van der Waals surface area contributed by atoms with Crippen molar-refractivity contribution in [2.75, 3.05) is 32.7 Å². The maximum absolute atomic E-state index is 13.6. The summed E-state index contributed by atoms with van der Waals surface area (Å²) >= 11 is 4.76. The lowest BCUT2D eigenvalue weighted by Crippen LogP contribution is -2.39. The van der Waals surface area contributed by atoms with Gasteiger partial charge in [-0.2, -0.15) is 0 Å². The van der Waals surface area contributed by atoms with Crippen LogP contribution in [0.4, 0.5) is 5.88 Å². The molecule has 4 rings (SSSR count). The zero-order valence-electron chi connectivity index (χ0n) is 19.4. The van der Waals surface area contributed by atoms with Gasteiger partial charge in [0.15, 0.2) is 10.7 Å². The molecule has 34 heavy (non-hydrogen) atoms. The molecule has 3 aromatic rings. The highest BCUT2D eigenvalue weighted by molar-refractivity contribution is 9.10. The summed E-state index contributed by atoms with van der Waals surface area (Å²) in [6.07, 6.45) is 1.70. The largest absolute Gasteiger partial charge is 0.496 e. The Morgan fingerprint density at radius 1 is 1.32 bits per heavy atom. The van der Waals surface area contributed by atoms with Crippen molar-refractivity contribution < 1.29 is 18.7 Å². The first-order valence-electron chi connectivity index (χ1n) is 10.6. The molecule has 0 saturated carbocycles. The maximum atomic E-state index is 13.6. The molecule has 0 spiro atoms. The number of aromatic nitrogens is 1. The van der Waals surface area contributed by atoms with Crippen molar-refractivity contribution in [1.29, 1.82) is 0 Å². The number of thiazole rings is 1. The predicted octanol–water partition coefficient (Wildman–Crippen LogP) is 3.23. The van der Waals surface area contributed by atoms with E-state index in [1.165, 1.54) is 11.3 Å². The van der Waals surface area contributed by atoms with Gasteiger partial charge in [0.25, 0.3) is 5.56 Å². The molecular weight excluding hydrogens is 522 g/mol. The van der Waals surface area contributed by atoms with E-state index in [2.05, 4.69) is 20.9 Å². The number of allylic oxidation sites excluding steroid dienone is 1. The van der Waals surface area contributed by atoms with Crippen LogP contribution in [0.2, 0.25) is 0 Å². The van der Waals surface area contributed by atoms with Gasteiger partial charge in [-0.1, -0.05) is 17.4 Å². The maximum Gasteiger partial charge on any atom is 0.338 e. The van der Waals surface area contributed by atoms with Gasteiger partial charge in [-0.05, 0) is 53.5 Å². The molecule has 0 amide bonds. The number of furan rings is 1. The first-order chi connectivity index (χ1) is 16.2. The van der Waals surface area contributed by atoms with Crippen LogP contribution in [-0.4, -0.2) is 38.3 Å². The van der Waals surface area contributed by atoms with E-state index in [1.54, 1.807) is 43.7 Å². The minimum Gasteiger partial charge on any atom is -0.496 e. The highest BCUT2D eigenvalue weighted by atomic mass is 79.9. The second-order valence-corrected chi connectivity index (χ2v) is 9.63. The fraction of sp³-hybridized carbons (Fsp3) is 0.292. The second kappa shape index (κ2) is 9.63.